The monoisotopic (exact) mass is 623 g/mol. The third-order valence-electron chi connectivity index (χ3n) is 10.4. The molecule has 42 heavy (non-hydrogen) atoms. The molecular formula is C32H47F6NO2S. The Bertz CT molecular complexity index is 1030. The minimum absolute atomic E-state index is 0.158. The van der Waals surface area contributed by atoms with Crippen LogP contribution in [0.15, 0.2) is 18.2 Å². The molecule has 3 aliphatic carbocycles. The highest BCUT2D eigenvalue weighted by molar-refractivity contribution is 7.99. The Labute approximate surface area is 250 Å². The Kier molecular flexibility index (Phi) is 11.2. The maximum Gasteiger partial charge on any atom is 0.453 e. The first-order valence-electron chi connectivity index (χ1n) is 15.6. The normalized spacial score (nSPS) is 31.2. The van der Waals surface area contributed by atoms with Crippen LogP contribution < -0.4 is 0 Å². The summed E-state index contributed by atoms with van der Waals surface area (Å²) in [6, 6.07) is 5.41. The highest BCUT2D eigenvalue weighted by atomic mass is 32.2. The number of phenols is 1. The highest BCUT2D eigenvalue weighted by Gasteiger charge is 2.60. The number of thioether (sulfide) groups is 1. The Morgan fingerprint density at radius 3 is 2.45 bits per heavy atom. The molecule has 2 N–H and O–H groups in total. The number of aliphatic hydroxyl groups is 1. The molecule has 3 nitrogen and oxygen atoms in total. The van der Waals surface area contributed by atoms with E-state index in [9.17, 15) is 32.2 Å². The standard InChI is InChI=1S/C32H47F6NO2S/c1-30-20-26(33)29-24-10-9-23(40)19-22(24)18-21(28(29)25(30)11-12-27(30)41)8-4-3-5-14-39(2)15-7-17-42-16-6-13-31(34,35)32(36,37)38/h9-10,19,21,25-29,40-41H,3-8,11-18,20H2,1-2H3. The van der Waals surface area contributed by atoms with Crippen LogP contribution in [0, 0.1) is 23.2 Å². The lowest BCUT2D eigenvalue weighted by molar-refractivity contribution is -0.284. The van der Waals surface area contributed by atoms with E-state index < -0.39 is 30.8 Å². The van der Waals surface area contributed by atoms with Crippen LogP contribution in [-0.2, 0) is 6.42 Å². The molecular weight excluding hydrogens is 576 g/mol. The van der Waals surface area contributed by atoms with E-state index >= 15 is 4.39 Å². The lowest BCUT2D eigenvalue weighted by Crippen LogP contribution is -2.51. The van der Waals surface area contributed by atoms with Crippen LogP contribution in [0.1, 0.15) is 88.2 Å². The first-order valence-corrected chi connectivity index (χ1v) is 16.7. The number of benzene rings is 1. The predicted octanol–water partition coefficient (Wildman–Crippen LogP) is 8.38. The molecule has 0 radical (unpaired) electrons. The molecule has 0 spiro atoms. The van der Waals surface area contributed by atoms with Crippen LogP contribution in [0.5, 0.6) is 5.75 Å². The summed E-state index contributed by atoms with van der Waals surface area (Å²) in [5.74, 6) is -2.70. The maximum atomic E-state index is 15.9. The van der Waals surface area contributed by atoms with Gasteiger partial charge in [0.1, 0.15) is 11.9 Å². The van der Waals surface area contributed by atoms with E-state index in [-0.39, 0.29) is 29.4 Å². The molecule has 10 heteroatoms. The van der Waals surface area contributed by atoms with Gasteiger partial charge in [-0.25, -0.2) is 4.39 Å². The number of hydrogen-bond acceptors (Lipinski definition) is 4. The summed E-state index contributed by atoms with van der Waals surface area (Å²) in [7, 11) is 2.04. The second kappa shape index (κ2) is 13.9. The second-order valence-corrected chi connectivity index (χ2v) is 14.5. The molecule has 0 bridgehead atoms. The van der Waals surface area contributed by atoms with E-state index in [0.717, 1.165) is 81.3 Å². The number of hydrogen-bond donors (Lipinski definition) is 2. The van der Waals surface area contributed by atoms with Crippen molar-refractivity contribution in [1.29, 1.82) is 0 Å². The van der Waals surface area contributed by atoms with Gasteiger partial charge in [-0.2, -0.15) is 33.7 Å². The largest absolute Gasteiger partial charge is 0.508 e. The molecule has 3 aliphatic rings. The zero-order valence-electron chi connectivity index (χ0n) is 24.8. The fourth-order valence-electron chi connectivity index (χ4n) is 8.19. The maximum absolute atomic E-state index is 15.9. The molecule has 7 atom stereocenters. The third-order valence-corrected chi connectivity index (χ3v) is 11.6. The number of halogens is 6. The van der Waals surface area contributed by atoms with Crippen LogP contribution in [0.25, 0.3) is 0 Å². The highest BCUT2D eigenvalue weighted by Crippen LogP contribution is 2.63. The fourth-order valence-corrected chi connectivity index (χ4v) is 9.07. The summed E-state index contributed by atoms with van der Waals surface area (Å²) >= 11 is 1.42. The van der Waals surface area contributed by atoms with Gasteiger partial charge in [0, 0.05) is 12.3 Å². The van der Waals surface area contributed by atoms with Gasteiger partial charge >= 0.3 is 12.1 Å². The van der Waals surface area contributed by atoms with Crippen molar-refractivity contribution in [2.24, 2.45) is 23.2 Å². The van der Waals surface area contributed by atoms with Crippen molar-refractivity contribution >= 4 is 11.8 Å². The molecule has 240 valence electrons. The Balaban J connectivity index is 1.19. The molecule has 1 aromatic carbocycles. The number of aromatic hydroxyl groups is 1. The molecule has 2 saturated carbocycles. The van der Waals surface area contributed by atoms with E-state index in [1.54, 1.807) is 6.07 Å². The summed E-state index contributed by atoms with van der Waals surface area (Å²) in [5.41, 5.74) is 1.74. The number of rotatable bonds is 14. The van der Waals surface area contributed by atoms with E-state index in [1.807, 2.05) is 19.2 Å². The van der Waals surface area contributed by atoms with E-state index in [4.69, 9.17) is 0 Å². The summed E-state index contributed by atoms with van der Waals surface area (Å²) in [6.07, 6.45) is -0.340. The van der Waals surface area contributed by atoms with Gasteiger partial charge in [0.05, 0.1) is 6.10 Å². The van der Waals surface area contributed by atoms with Crippen molar-refractivity contribution in [1.82, 2.24) is 4.90 Å². The van der Waals surface area contributed by atoms with Crippen molar-refractivity contribution in [3.63, 3.8) is 0 Å². The molecule has 0 aliphatic heterocycles. The van der Waals surface area contributed by atoms with Gasteiger partial charge < -0.3 is 15.1 Å². The van der Waals surface area contributed by atoms with Gasteiger partial charge in [0.15, 0.2) is 0 Å². The average molecular weight is 624 g/mol. The Hall–Kier alpha value is -1.13. The molecule has 1 aromatic rings. The van der Waals surface area contributed by atoms with Gasteiger partial charge in [-0.05, 0) is 129 Å². The molecule has 7 unspecified atom stereocenters. The van der Waals surface area contributed by atoms with Crippen molar-refractivity contribution in [2.45, 2.75) is 108 Å². The van der Waals surface area contributed by atoms with Gasteiger partial charge in [-0.1, -0.05) is 25.8 Å². The lowest BCUT2D eigenvalue weighted by atomic mass is 9.51. The molecule has 0 amide bonds. The van der Waals surface area contributed by atoms with Gasteiger partial charge in [-0.15, -0.1) is 0 Å². The summed E-state index contributed by atoms with van der Waals surface area (Å²) < 4.78 is 78.5. The van der Waals surface area contributed by atoms with Gasteiger partial charge in [-0.3, -0.25) is 0 Å². The topological polar surface area (TPSA) is 43.7 Å². The van der Waals surface area contributed by atoms with Gasteiger partial charge in [0.2, 0.25) is 0 Å². The van der Waals surface area contributed by atoms with E-state index in [0.29, 0.717) is 24.0 Å². The Morgan fingerprint density at radius 1 is 1.00 bits per heavy atom. The lowest BCUT2D eigenvalue weighted by Gasteiger charge is -2.54. The molecule has 2 fully saturated rings. The van der Waals surface area contributed by atoms with E-state index in [2.05, 4.69) is 11.8 Å². The SMILES string of the molecule is CN(CCCCCC1Cc2cc(O)ccc2C2C(F)CC3(C)C(O)CCC3C12)CCCSCCCC(F)(F)C(F)(F)F. The molecule has 0 saturated heterocycles. The minimum atomic E-state index is -5.47. The molecule has 4 rings (SSSR count). The minimum Gasteiger partial charge on any atom is -0.508 e. The number of nitrogens with zero attached hydrogens (tertiary/aromatic N) is 1. The number of phenolic OH excluding ortho intramolecular Hbond substituents is 1. The first kappa shape index (κ1) is 33.8. The number of aliphatic hydroxyl groups excluding tert-OH is 1. The number of unbranched alkanes of at least 4 members (excludes halogenated alkanes) is 2. The number of fused-ring (bicyclic) bond motifs is 5. The second-order valence-electron chi connectivity index (χ2n) is 13.3. The zero-order valence-corrected chi connectivity index (χ0v) is 25.6. The van der Waals surface area contributed by atoms with Crippen molar-refractivity contribution < 1.29 is 36.6 Å². The van der Waals surface area contributed by atoms with Crippen molar-refractivity contribution in [3.05, 3.63) is 29.3 Å². The summed E-state index contributed by atoms with van der Waals surface area (Å²) in [5, 5.41) is 20.9. The van der Waals surface area contributed by atoms with Crippen molar-refractivity contribution in [2.75, 3.05) is 31.6 Å². The van der Waals surface area contributed by atoms with E-state index in [1.165, 1.54) is 11.8 Å². The van der Waals surface area contributed by atoms with Crippen LogP contribution >= 0.6 is 11.8 Å². The Morgan fingerprint density at radius 2 is 1.71 bits per heavy atom. The predicted molar refractivity (Wildman–Crippen MR) is 156 cm³/mol. The van der Waals surface area contributed by atoms with Gasteiger partial charge in [0.25, 0.3) is 0 Å². The van der Waals surface area contributed by atoms with Crippen LogP contribution in [0.3, 0.4) is 0 Å². The van der Waals surface area contributed by atoms with Crippen LogP contribution in [0.2, 0.25) is 0 Å². The fraction of sp³-hybridized carbons (Fsp3) is 0.812. The third kappa shape index (κ3) is 7.56. The summed E-state index contributed by atoms with van der Waals surface area (Å²) in [6.45, 7) is 3.86. The van der Waals surface area contributed by atoms with Crippen LogP contribution in [0.4, 0.5) is 26.3 Å². The van der Waals surface area contributed by atoms with Crippen LogP contribution in [-0.4, -0.2) is 71.1 Å². The van der Waals surface area contributed by atoms with Crippen molar-refractivity contribution in [3.8, 4) is 5.75 Å². The quantitative estimate of drug-likeness (QED) is 0.161. The molecule has 0 heterocycles. The smallest absolute Gasteiger partial charge is 0.453 e. The zero-order chi connectivity index (χ0) is 30.7. The first-order chi connectivity index (χ1) is 19.7. The summed E-state index contributed by atoms with van der Waals surface area (Å²) in [4.78, 5) is 2.23. The molecule has 0 aromatic heterocycles. The number of alkyl halides is 6. The average Bonchev–Trinajstić information content (AvgIpc) is 3.20.